The minimum Gasteiger partial charge on any atom is -0.411 e. The van der Waals surface area contributed by atoms with E-state index in [1.54, 1.807) is 0 Å². The first-order chi connectivity index (χ1) is 12.8. The molecule has 1 N–H and O–H groups in total. The van der Waals surface area contributed by atoms with E-state index in [0.717, 1.165) is 31.4 Å². The van der Waals surface area contributed by atoms with Crippen LogP contribution in [-0.2, 0) is 15.9 Å². The fourth-order valence-corrected chi connectivity index (χ4v) is 3.35. The lowest BCUT2D eigenvalue weighted by Crippen LogP contribution is -2.23. The van der Waals surface area contributed by atoms with Crippen LogP contribution in [-0.4, -0.2) is 30.4 Å². The Morgan fingerprint density at radius 1 is 1.19 bits per heavy atom. The molecule has 0 radical (unpaired) electrons. The molecule has 2 aromatic carbocycles. The second-order valence-electron chi connectivity index (χ2n) is 6.56. The van der Waals surface area contributed by atoms with Gasteiger partial charge in [-0.25, -0.2) is 0 Å². The van der Waals surface area contributed by atoms with Crippen LogP contribution in [0.1, 0.15) is 43.7 Å². The Hall–Kier alpha value is -2.17. The summed E-state index contributed by atoms with van der Waals surface area (Å²) in [4.78, 5) is 0. The van der Waals surface area contributed by atoms with Crippen molar-refractivity contribution in [2.45, 2.75) is 45.3 Å². The van der Waals surface area contributed by atoms with Gasteiger partial charge < -0.3 is 14.7 Å². The van der Waals surface area contributed by atoms with Crippen molar-refractivity contribution >= 4 is 5.71 Å². The topological polar surface area (TPSA) is 51.1 Å². The van der Waals surface area contributed by atoms with Crippen molar-refractivity contribution in [2.75, 3.05) is 13.2 Å². The zero-order chi connectivity index (χ0) is 18.2. The van der Waals surface area contributed by atoms with Gasteiger partial charge >= 0.3 is 0 Å². The fourth-order valence-electron chi connectivity index (χ4n) is 3.35. The minimum atomic E-state index is -0.0719. The summed E-state index contributed by atoms with van der Waals surface area (Å²) in [5, 5.41) is 12.7. The normalized spacial score (nSPS) is 18.0. The highest BCUT2D eigenvalue weighted by Crippen LogP contribution is 2.26. The highest BCUT2D eigenvalue weighted by atomic mass is 16.7. The van der Waals surface area contributed by atoms with E-state index in [0.29, 0.717) is 18.7 Å². The highest BCUT2D eigenvalue weighted by Gasteiger charge is 2.15. The van der Waals surface area contributed by atoms with Crippen molar-refractivity contribution in [1.82, 2.24) is 0 Å². The number of nitrogens with zero attached hydrogens (tertiary/aromatic N) is 1. The molecule has 1 unspecified atom stereocenters. The lowest BCUT2D eigenvalue weighted by atomic mass is 9.94. The van der Waals surface area contributed by atoms with Gasteiger partial charge in [-0.2, -0.15) is 0 Å². The molecule has 4 nitrogen and oxygen atoms in total. The molecule has 26 heavy (non-hydrogen) atoms. The molecular weight excluding hydrogens is 326 g/mol. The predicted octanol–water partition coefficient (Wildman–Crippen LogP) is 5.03. The quantitative estimate of drug-likeness (QED) is 0.431. The Labute approximate surface area is 155 Å². The van der Waals surface area contributed by atoms with Crippen molar-refractivity contribution in [3.05, 3.63) is 59.7 Å². The lowest BCUT2D eigenvalue weighted by molar-refractivity contribution is -0.161. The van der Waals surface area contributed by atoms with E-state index in [1.165, 1.54) is 23.1 Å². The van der Waals surface area contributed by atoms with E-state index in [-0.39, 0.29) is 6.29 Å². The van der Waals surface area contributed by atoms with Crippen LogP contribution in [0.2, 0.25) is 0 Å². The van der Waals surface area contributed by atoms with Crippen LogP contribution in [0.15, 0.2) is 53.7 Å². The molecule has 0 spiro atoms. The zero-order valence-corrected chi connectivity index (χ0v) is 15.4. The number of rotatable bonds is 7. The van der Waals surface area contributed by atoms with Gasteiger partial charge in [0.05, 0.1) is 12.3 Å². The Balaban J connectivity index is 1.80. The highest BCUT2D eigenvalue weighted by molar-refractivity contribution is 6.00. The van der Waals surface area contributed by atoms with Crippen LogP contribution >= 0.6 is 0 Å². The number of benzene rings is 2. The molecule has 1 aliphatic heterocycles. The smallest absolute Gasteiger partial charge is 0.157 e. The first-order valence-electron chi connectivity index (χ1n) is 9.44. The second kappa shape index (κ2) is 9.51. The molecule has 0 aliphatic carbocycles. The summed E-state index contributed by atoms with van der Waals surface area (Å²) >= 11 is 0. The van der Waals surface area contributed by atoms with E-state index in [2.05, 4.69) is 29.4 Å². The molecule has 1 fully saturated rings. The van der Waals surface area contributed by atoms with E-state index < -0.39 is 0 Å². The molecule has 1 aliphatic rings. The summed E-state index contributed by atoms with van der Waals surface area (Å²) < 4.78 is 11.6. The number of oxime groups is 1. The van der Waals surface area contributed by atoms with Crippen molar-refractivity contribution in [2.24, 2.45) is 5.16 Å². The predicted molar refractivity (Wildman–Crippen MR) is 104 cm³/mol. The zero-order valence-electron chi connectivity index (χ0n) is 15.4. The van der Waals surface area contributed by atoms with Gasteiger partial charge in [0.2, 0.25) is 0 Å². The van der Waals surface area contributed by atoms with Crippen LogP contribution < -0.4 is 0 Å². The van der Waals surface area contributed by atoms with Gasteiger partial charge in [0, 0.05) is 6.61 Å². The lowest BCUT2D eigenvalue weighted by Gasteiger charge is -2.23. The standard InChI is InChI=1S/C22H27NO3/c1-2-21(23-24)19-11-12-20(17-8-4-3-5-9-17)18(16-19)13-15-26-22-10-6-7-14-25-22/h3-5,8-9,11-12,16,22,24H,2,6-7,10,13-15H2,1H3. The number of ether oxygens (including phenoxy) is 2. The van der Waals surface area contributed by atoms with Crippen molar-refractivity contribution in [3.63, 3.8) is 0 Å². The molecule has 138 valence electrons. The molecule has 1 saturated heterocycles. The largest absolute Gasteiger partial charge is 0.411 e. The van der Waals surface area contributed by atoms with Crippen molar-refractivity contribution in [3.8, 4) is 11.1 Å². The van der Waals surface area contributed by atoms with E-state index >= 15 is 0 Å². The van der Waals surface area contributed by atoms with Crippen LogP contribution in [0.3, 0.4) is 0 Å². The van der Waals surface area contributed by atoms with Crippen molar-refractivity contribution in [1.29, 1.82) is 0 Å². The number of hydrogen-bond donors (Lipinski definition) is 1. The van der Waals surface area contributed by atoms with Gasteiger partial charge in [-0.3, -0.25) is 0 Å². The Kier molecular flexibility index (Phi) is 6.81. The minimum absolute atomic E-state index is 0.0719. The molecule has 0 amide bonds. The van der Waals surface area contributed by atoms with E-state index in [1.807, 2.05) is 31.2 Å². The van der Waals surface area contributed by atoms with Crippen LogP contribution in [0.4, 0.5) is 0 Å². The molecule has 0 aromatic heterocycles. The molecule has 1 heterocycles. The van der Waals surface area contributed by atoms with Gasteiger partial charge in [0.15, 0.2) is 6.29 Å². The molecule has 0 bridgehead atoms. The summed E-state index contributed by atoms with van der Waals surface area (Å²) in [5.74, 6) is 0. The summed E-state index contributed by atoms with van der Waals surface area (Å²) in [6.07, 6.45) is 4.68. The van der Waals surface area contributed by atoms with Crippen molar-refractivity contribution < 1.29 is 14.7 Å². The molecule has 0 saturated carbocycles. The monoisotopic (exact) mass is 353 g/mol. The average molecular weight is 353 g/mol. The SMILES string of the molecule is CCC(=NO)c1ccc(-c2ccccc2)c(CCOC2CCCCO2)c1. The third-order valence-corrected chi connectivity index (χ3v) is 4.79. The van der Waals surface area contributed by atoms with E-state index in [4.69, 9.17) is 9.47 Å². The first kappa shape index (κ1) is 18.6. The maximum absolute atomic E-state index is 9.25. The summed E-state index contributed by atoms with van der Waals surface area (Å²) in [7, 11) is 0. The Bertz CT molecular complexity index is 721. The second-order valence-corrected chi connectivity index (χ2v) is 6.56. The Morgan fingerprint density at radius 3 is 2.73 bits per heavy atom. The third kappa shape index (κ3) is 4.71. The number of hydrogen-bond acceptors (Lipinski definition) is 4. The maximum atomic E-state index is 9.25. The van der Waals surface area contributed by atoms with E-state index in [9.17, 15) is 5.21 Å². The molecule has 4 heteroatoms. The molecule has 1 atom stereocenters. The van der Waals surface area contributed by atoms with Gasteiger partial charge in [0.1, 0.15) is 0 Å². The first-order valence-corrected chi connectivity index (χ1v) is 9.44. The van der Waals surface area contributed by atoms with Gasteiger partial charge in [-0.1, -0.05) is 54.5 Å². The van der Waals surface area contributed by atoms with Crippen LogP contribution in [0.25, 0.3) is 11.1 Å². The van der Waals surface area contributed by atoms with Crippen LogP contribution in [0, 0.1) is 0 Å². The van der Waals surface area contributed by atoms with Gasteiger partial charge in [-0.15, -0.1) is 0 Å². The molecular formula is C22H27NO3. The maximum Gasteiger partial charge on any atom is 0.157 e. The molecule has 3 rings (SSSR count). The summed E-state index contributed by atoms with van der Waals surface area (Å²) in [6, 6.07) is 16.6. The van der Waals surface area contributed by atoms with Gasteiger partial charge in [0.25, 0.3) is 0 Å². The Morgan fingerprint density at radius 2 is 2.04 bits per heavy atom. The summed E-state index contributed by atoms with van der Waals surface area (Å²) in [6.45, 7) is 3.40. The van der Waals surface area contributed by atoms with Crippen LogP contribution in [0.5, 0.6) is 0 Å². The van der Waals surface area contributed by atoms with Gasteiger partial charge in [-0.05, 0) is 60.4 Å². The fraction of sp³-hybridized carbons (Fsp3) is 0.409. The third-order valence-electron chi connectivity index (χ3n) is 4.79. The average Bonchev–Trinajstić information content (AvgIpc) is 2.71. The summed E-state index contributed by atoms with van der Waals surface area (Å²) in [5.41, 5.74) is 5.22. The molecule has 2 aromatic rings.